The van der Waals surface area contributed by atoms with E-state index in [0.717, 1.165) is 47.6 Å². The van der Waals surface area contributed by atoms with E-state index in [1.54, 1.807) is 4.90 Å². The predicted molar refractivity (Wildman–Crippen MR) is 117 cm³/mol. The summed E-state index contributed by atoms with van der Waals surface area (Å²) in [4.78, 5) is 44.1. The first-order chi connectivity index (χ1) is 15.1. The van der Waals surface area contributed by atoms with Gasteiger partial charge in [-0.15, -0.1) is 0 Å². The Morgan fingerprint density at radius 2 is 1.65 bits per heavy atom. The first-order valence-corrected chi connectivity index (χ1v) is 10.9. The van der Waals surface area contributed by atoms with Crippen LogP contribution in [-0.2, 0) is 21.5 Å². The van der Waals surface area contributed by atoms with E-state index in [9.17, 15) is 14.4 Å². The first kappa shape index (κ1) is 19.6. The zero-order chi connectivity index (χ0) is 21.4. The number of hydrogen-bond donors (Lipinski definition) is 1. The zero-order valence-electron chi connectivity index (χ0n) is 17.4. The molecule has 0 bridgehead atoms. The molecule has 2 fully saturated rings. The van der Waals surface area contributed by atoms with Gasteiger partial charge in [0.25, 0.3) is 5.91 Å². The molecule has 2 aromatic carbocycles. The number of urea groups is 1. The number of rotatable bonds is 3. The number of benzene rings is 2. The minimum atomic E-state index is -1.03. The second kappa shape index (κ2) is 7.72. The van der Waals surface area contributed by atoms with Gasteiger partial charge in [-0.2, -0.15) is 0 Å². The molecule has 5 rings (SSSR count). The number of fused-ring (bicyclic) bond motifs is 2. The number of hydrogen-bond acceptors (Lipinski definition) is 4. The van der Waals surface area contributed by atoms with Crippen LogP contribution >= 0.6 is 0 Å². The van der Waals surface area contributed by atoms with E-state index in [-0.39, 0.29) is 18.4 Å². The van der Waals surface area contributed by atoms with E-state index in [0.29, 0.717) is 19.5 Å². The van der Waals surface area contributed by atoms with Crippen LogP contribution in [0.25, 0.3) is 0 Å². The number of anilines is 1. The van der Waals surface area contributed by atoms with Gasteiger partial charge < -0.3 is 15.1 Å². The van der Waals surface area contributed by atoms with Crippen LogP contribution in [0.2, 0.25) is 0 Å². The Labute approximate surface area is 181 Å². The molecule has 7 nitrogen and oxygen atoms in total. The van der Waals surface area contributed by atoms with Gasteiger partial charge in [-0.3, -0.25) is 14.5 Å². The van der Waals surface area contributed by atoms with Gasteiger partial charge in [0, 0.05) is 31.9 Å². The average molecular weight is 418 g/mol. The summed E-state index contributed by atoms with van der Waals surface area (Å²) >= 11 is 0. The molecule has 2 aliphatic heterocycles. The van der Waals surface area contributed by atoms with Gasteiger partial charge in [0.05, 0.1) is 0 Å². The van der Waals surface area contributed by atoms with E-state index in [4.69, 9.17) is 0 Å². The lowest BCUT2D eigenvalue weighted by Crippen LogP contribution is -2.52. The third-order valence-electron chi connectivity index (χ3n) is 6.70. The van der Waals surface area contributed by atoms with Crippen molar-refractivity contribution in [2.45, 2.75) is 24.8 Å². The van der Waals surface area contributed by atoms with Crippen molar-refractivity contribution in [2.75, 3.05) is 37.6 Å². The number of para-hydroxylation sites is 1. The van der Waals surface area contributed by atoms with Crippen molar-refractivity contribution in [3.63, 3.8) is 0 Å². The minimum Gasteiger partial charge on any atom is -0.368 e. The molecule has 2 aromatic rings. The van der Waals surface area contributed by atoms with Gasteiger partial charge >= 0.3 is 6.03 Å². The molecule has 0 saturated carbocycles. The van der Waals surface area contributed by atoms with Crippen molar-refractivity contribution >= 4 is 23.5 Å². The number of piperazine rings is 1. The van der Waals surface area contributed by atoms with Crippen LogP contribution in [0.4, 0.5) is 10.5 Å². The summed E-state index contributed by atoms with van der Waals surface area (Å²) in [6.07, 6.45) is 2.28. The lowest BCUT2D eigenvalue weighted by atomic mass is 9.76. The van der Waals surface area contributed by atoms with Crippen LogP contribution in [-0.4, -0.2) is 60.4 Å². The van der Waals surface area contributed by atoms with Crippen LogP contribution in [0.5, 0.6) is 0 Å². The van der Waals surface area contributed by atoms with Gasteiger partial charge in [0.2, 0.25) is 5.91 Å². The van der Waals surface area contributed by atoms with E-state index in [1.165, 1.54) is 0 Å². The fraction of sp³-hybridized carbons (Fsp3) is 0.375. The second-order valence-electron chi connectivity index (χ2n) is 8.44. The second-order valence-corrected chi connectivity index (χ2v) is 8.44. The largest absolute Gasteiger partial charge is 0.368 e. The summed E-state index contributed by atoms with van der Waals surface area (Å²) < 4.78 is 0. The molecular weight excluding hydrogens is 392 g/mol. The zero-order valence-corrected chi connectivity index (χ0v) is 17.4. The maximum Gasteiger partial charge on any atom is 0.325 e. The number of amides is 4. The number of nitrogens with one attached hydrogen (secondary N) is 1. The monoisotopic (exact) mass is 418 g/mol. The summed E-state index contributed by atoms with van der Waals surface area (Å²) in [6, 6.07) is 17.4. The molecule has 160 valence electrons. The summed E-state index contributed by atoms with van der Waals surface area (Å²) in [5, 5.41) is 2.92. The van der Waals surface area contributed by atoms with E-state index >= 15 is 0 Å². The highest BCUT2D eigenvalue weighted by atomic mass is 16.2. The molecule has 0 radical (unpaired) electrons. The SMILES string of the molecule is O=C(CN1C(=O)N[C@@]2(CCCc3ccccc32)C1=O)N1CCN(c2ccccc2)CC1. The third-order valence-corrected chi connectivity index (χ3v) is 6.70. The van der Waals surface area contributed by atoms with E-state index in [1.807, 2.05) is 42.5 Å². The Morgan fingerprint density at radius 3 is 2.42 bits per heavy atom. The molecule has 2 heterocycles. The molecule has 2 saturated heterocycles. The molecule has 7 heteroatoms. The molecule has 4 amide bonds. The third kappa shape index (κ3) is 3.34. The van der Waals surface area contributed by atoms with Gasteiger partial charge in [0.15, 0.2) is 0 Å². The Morgan fingerprint density at radius 1 is 0.935 bits per heavy atom. The molecular formula is C24H26N4O3. The molecule has 0 unspecified atom stereocenters. The van der Waals surface area contributed by atoms with Crippen molar-refractivity contribution in [2.24, 2.45) is 0 Å². The Balaban J connectivity index is 1.27. The van der Waals surface area contributed by atoms with Gasteiger partial charge in [-0.1, -0.05) is 42.5 Å². The number of nitrogens with zero attached hydrogens (tertiary/aromatic N) is 3. The summed E-state index contributed by atoms with van der Waals surface area (Å²) in [5.41, 5.74) is 2.07. The Kier molecular flexibility index (Phi) is 4.88. The van der Waals surface area contributed by atoms with Crippen molar-refractivity contribution in [1.29, 1.82) is 0 Å². The van der Waals surface area contributed by atoms with Gasteiger partial charge in [-0.25, -0.2) is 4.79 Å². The van der Waals surface area contributed by atoms with Crippen LogP contribution in [0.3, 0.4) is 0 Å². The van der Waals surface area contributed by atoms with E-state index < -0.39 is 11.6 Å². The molecule has 1 aliphatic carbocycles. The molecule has 1 atom stereocenters. The van der Waals surface area contributed by atoms with Crippen LogP contribution in [0, 0.1) is 0 Å². The molecule has 1 N–H and O–H groups in total. The maximum atomic E-state index is 13.4. The maximum absolute atomic E-state index is 13.4. The van der Waals surface area contributed by atoms with Crippen molar-refractivity contribution in [1.82, 2.24) is 15.1 Å². The van der Waals surface area contributed by atoms with E-state index in [2.05, 4.69) is 22.3 Å². The Bertz CT molecular complexity index is 1020. The number of carbonyl (C=O) groups is 3. The molecule has 1 spiro atoms. The highest BCUT2D eigenvalue weighted by Gasteiger charge is 2.54. The molecule has 3 aliphatic rings. The summed E-state index contributed by atoms with van der Waals surface area (Å²) in [5.74, 6) is -0.488. The number of imide groups is 1. The van der Waals surface area contributed by atoms with Crippen molar-refractivity contribution in [3.05, 3.63) is 65.7 Å². The smallest absolute Gasteiger partial charge is 0.325 e. The minimum absolute atomic E-state index is 0.183. The number of carbonyl (C=O) groups excluding carboxylic acids is 3. The normalized spacial score (nSPS) is 23.2. The highest BCUT2D eigenvalue weighted by Crippen LogP contribution is 2.39. The van der Waals surface area contributed by atoms with Crippen LogP contribution in [0.15, 0.2) is 54.6 Å². The Hall–Kier alpha value is -3.35. The quantitative estimate of drug-likeness (QED) is 0.775. The lowest BCUT2D eigenvalue weighted by molar-refractivity contribution is -0.139. The van der Waals surface area contributed by atoms with Gasteiger partial charge in [0.1, 0.15) is 12.1 Å². The van der Waals surface area contributed by atoms with Gasteiger partial charge in [-0.05, 0) is 42.5 Å². The summed E-state index contributed by atoms with van der Waals surface area (Å²) in [7, 11) is 0. The molecule has 31 heavy (non-hydrogen) atoms. The average Bonchev–Trinajstić information content (AvgIpc) is 3.04. The highest BCUT2D eigenvalue weighted by molar-refractivity contribution is 6.09. The van der Waals surface area contributed by atoms with Crippen molar-refractivity contribution < 1.29 is 14.4 Å². The fourth-order valence-corrected chi connectivity index (χ4v) is 5.04. The predicted octanol–water partition coefficient (Wildman–Crippen LogP) is 2.12. The topological polar surface area (TPSA) is 73.0 Å². The van der Waals surface area contributed by atoms with Crippen LogP contribution in [0.1, 0.15) is 24.0 Å². The van der Waals surface area contributed by atoms with Crippen molar-refractivity contribution in [3.8, 4) is 0 Å². The number of aryl methyl sites for hydroxylation is 1. The lowest BCUT2D eigenvalue weighted by Gasteiger charge is -2.36. The molecule has 0 aromatic heterocycles. The van der Waals surface area contributed by atoms with Crippen LogP contribution < -0.4 is 10.2 Å². The first-order valence-electron chi connectivity index (χ1n) is 10.9. The standard InChI is InChI=1S/C24H26N4O3/c29-21(27-15-13-26(14-16-27)19-9-2-1-3-10-19)17-28-22(30)24(25-23(28)31)12-6-8-18-7-4-5-11-20(18)24/h1-5,7,9-11H,6,8,12-17H2,(H,25,31)/t24-/m1/s1. The fourth-order valence-electron chi connectivity index (χ4n) is 5.04. The summed E-state index contributed by atoms with van der Waals surface area (Å²) in [6.45, 7) is 2.40.